The van der Waals surface area contributed by atoms with Crippen LogP contribution in [-0.4, -0.2) is 42.6 Å². The number of rotatable bonds is 4. The fourth-order valence-electron chi connectivity index (χ4n) is 2.58. The number of hydrogen-bond donors (Lipinski definition) is 2. The molecule has 0 bridgehead atoms. The van der Waals surface area contributed by atoms with E-state index >= 15 is 0 Å². The van der Waals surface area contributed by atoms with E-state index in [2.05, 4.69) is 24.2 Å². The Morgan fingerprint density at radius 3 is 2.75 bits per heavy atom. The zero-order chi connectivity index (χ0) is 14.6. The third-order valence-corrected chi connectivity index (χ3v) is 3.88. The summed E-state index contributed by atoms with van der Waals surface area (Å²) >= 11 is 0. The molecule has 1 atom stereocenters. The third-order valence-electron chi connectivity index (χ3n) is 3.88. The summed E-state index contributed by atoms with van der Waals surface area (Å²) in [6.07, 6.45) is 0. The average molecular weight is 277 g/mol. The summed E-state index contributed by atoms with van der Waals surface area (Å²) in [4.78, 5) is 14.4. The fourth-order valence-corrected chi connectivity index (χ4v) is 2.58. The molecule has 1 amide bonds. The summed E-state index contributed by atoms with van der Waals surface area (Å²) in [5.74, 6) is 4.92. The number of nitrogens with two attached hydrogens (primary N) is 1. The van der Waals surface area contributed by atoms with E-state index in [0.717, 1.165) is 12.1 Å². The van der Waals surface area contributed by atoms with E-state index in [1.165, 1.54) is 0 Å². The lowest BCUT2D eigenvalue weighted by molar-refractivity contribution is -0.124. The number of nitrogens with one attached hydrogen (secondary N) is 1. The summed E-state index contributed by atoms with van der Waals surface area (Å²) in [6.45, 7) is 7.12. The molecular formula is C15H23N3O2. The predicted molar refractivity (Wildman–Crippen MR) is 78.0 cm³/mol. The van der Waals surface area contributed by atoms with Gasteiger partial charge in [-0.3, -0.25) is 15.1 Å². The Morgan fingerprint density at radius 2 is 2.15 bits per heavy atom. The second kappa shape index (κ2) is 6.35. The van der Waals surface area contributed by atoms with Crippen LogP contribution in [0.5, 0.6) is 0 Å². The molecule has 1 saturated heterocycles. The average Bonchev–Trinajstić information content (AvgIpc) is 2.46. The molecule has 1 heterocycles. The van der Waals surface area contributed by atoms with E-state index in [9.17, 15) is 4.79 Å². The first-order chi connectivity index (χ1) is 9.54. The first-order valence-electron chi connectivity index (χ1n) is 6.93. The molecule has 1 aromatic rings. The van der Waals surface area contributed by atoms with Crippen LogP contribution in [0.3, 0.4) is 0 Å². The smallest absolute Gasteiger partial charge is 0.242 e. The van der Waals surface area contributed by atoms with E-state index in [-0.39, 0.29) is 17.4 Å². The Morgan fingerprint density at radius 1 is 1.45 bits per heavy atom. The van der Waals surface area contributed by atoms with E-state index in [0.29, 0.717) is 19.8 Å². The highest BCUT2D eigenvalue weighted by atomic mass is 16.5. The SMILES string of the molecule is CC1(C)COCCN1CC(C(=O)NN)c1ccccc1. The number of nitrogens with zero attached hydrogens (tertiary/aromatic N) is 1. The summed E-state index contributed by atoms with van der Waals surface area (Å²) in [5, 5.41) is 0. The molecule has 1 aliphatic rings. The Hall–Kier alpha value is -1.43. The van der Waals surface area contributed by atoms with Crippen LogP contribution in [0.1, 0.15) is 25.3 Å². The molecule has 2 rings (SSSR count). The largest absolute Gasteiger partial charge is 0.378 e. The van der Waals surface area contributed by atoms with Crippen molar-refractivity contribution >= 4 is 5.91 Å². The molecule has 5 heteroatoms. The lowest BCUT2D eigenvalue weighted by Gasteiger charge is -2.43. The maximum Gasteiger partial charge on any atom is 0.242 e. The zero-order valence-corrected chi connectivity index (χ0v) is 12.1. The molecule has 110 valence electrons. The molecule has 0 aliphatic carbocycles. The summed E-state index contributed by atoms with van der Waals surface area (Å²) in [6, 6.07) is 9.76. The lowest BCUT2D eigenvalue weighted by Crippen LogP contribution is -2.55. The first kappa shape index (κ1) is 15.0. The van der Waals surface area contributed by atoms with Gasteiger partial charge in [0.25, 0.3) is 0 Å². The lowest BCUT2D eigenvalue weighted by atomic mass is 9.94. The number of hydrazine groups is 1. The van der Waals surface area contributed by atoms with Crippen LogP contribution in [0, 0.1) is 0 Å². The zero-order valence-electron chi connectivity index (χ0n) is 12.1. The number of carbonyl (C=O) groups excluding carboxylic acids is 1. The Kier molecular flexibility index (Phi) is 4.75. The third kappa shape index (κ3) is 3.36. The number of amides is 1. The van der Waals surface area contributed by atoms with Crippen molar-refractivity contribution in [1.29, 1.82) is 0 Å². The summed E-state index contributed by atoms with van der Waals surface area (Å²) < 4.78 is 5.52. The van der Waals surface area contributed by atoms with Crippen molar-refractivity contribution < 1.29 is 9.53 Å². The molecule has 0 radical (unpaired) electrons. The van der Waals surface area contributed by atoms with Crippen LogP contribution < -0.4 is 11.3 Å². The molecular weight excluding hydrogens is 254 g/mol. The second-order valence-corrected chi connectivity index (χ2v) is 5.78. The van der Waals surface area contributed by atoms with Crippen molar-refractivity contribution in [3.8, 4) is 0 Å². The van der Waals surface area contributed by atoms with Gasteiger partial charge in [0.1, 0.15) is 0 Å². The van der Waals surface area contributed by atoms with Gasteiger partial charge in [0.15, 0.2) is 0 Å². The minimum Gasteiger partial charge on any atom is -0.378 e. The Balaban J connectivity index is 2.18. The molecule has 1 unspecified atom stereocenters. The van der Waals surface area contributed by atoms with Crippen LogP contribution in [0.4, 0.5) is 0 Å². The number of carbonyl (C=O) groups is 1. The molecule has 3 N–H and O–H groups in total. The van der Waals surface area contributed by atoms with Gasteiger partial charge < -0.3 is 4.74 Å². The van der Waals surface area contributed by atoms with Gasteiger partial charge in [-0.05, 0) is 19.4 Å². The molecule has 1 aliphatic heterocycles. The molecule has 0 aromatic heterocycles. The van der Waals surface area contributed by atoms with Crippen molar-refractivity contribution in [2.24, 2.45) is 5.84 Å². The van der Waals surface area contributed by atoms with Gasteiger partial charge in [-0.25, -0.2) is 5.84 Å². The van der Waals surface area contributed by atoms with Crippen molar-refractivity contribution in [3.63, 3.8) is 0 Å². The van der Waals surface area contributed by atoms with E-state index in [1.807, 2.05) is 30.3 Å². The maximum absolute atomic E-state index is 12.1. The van der Waals surface area contributed by atoms with Gasteiger partial charge in [0.05, 0.1) is 19.1 Å². The van der Waals surface area contributed by atoms with Crippen molar-refractivity contribution in [3.05, 3.63) is 35.9 Å². The summed E-state index contributed by atoms with van der Waals surface area (Å²) in [5.41, 5.74) is 3.20. The van der Waals surface area contributed by atoms with Gasteiger partial charge in [0.2, 0.25) is 5.91 Å². The first-order valence-corrected chi connectivity index (χ1v) is 6.93. The van der Waals surface area contributed by atoms with Crippen LogP contribution in [0.2, 0.25) is 0 Å². The molecule has 0 saturated carbocycles. The standard InChI is InChI=1S/C15H23N3O2/c1-15(2)11-20-9-8-18(15)10-13(14(19)17-16)12-6-4-3-5-7-12/h3-7,13H,8-11,16H2,1-2H3,(H,17,19). The van der Waals surface area contributed by atoms with Gasteiger partial charge in [-0.15, -0.1) is 0 Å². The van der Waals surface area contributed by atoms with Crippen molar-refractivity contribution in [2.75, 3.05) is 26.3 Å². The highest BCUT2D eigenvalue weighted by Crippen LogP contribution is 2.24. The van der Waals surface area contributed by atoms with Gasteiger partial charge in [-0.2, -0.15) is 0 Å². The van der Waals surface area contributed by atoms with Crippen LogP contribution >= 0.6 is 0 Å². The van der Waals surface area contributed by atoms with Crippen molar-refractivity contribution in [1.82, 2.24) is 10.3 Å². The highest BCUT2D eigenvalue weighted by molar-refractivity contribution is 5.83. The molecule has 20 heavy (non-hydrogen) atoms. The maximum atomic E-state index is 12.1. The number of ether oxygens (including phenoxy) is 1. The molecule has 0 spiro atoms. The summed E-state index contributed by atoms with van der Waals surface area (Å²) in [7, 11) is 0. The van der Waals surface area contributed by atoms with Crippen LogP contribution in [-0.2, 0) is 9.53 Å². The molecule has 5 nitrogen and oxygen atoms in total. The predicted octanol–water partition coefficient (Wildman–Crippen LogP) is 0.871. The monoisotopic (exact) mass is 277 g/mol. The Labute approximate surface area is 120 Å². The Bertz CT molecular complexity index is 448. The molecule has 1 fully saturated rings. The van der Waals surface area contributed by atoms with Crippen LogP contribution in [0.25, 0.3) is 0 Å². The minimum absolute atomic E-state index is 0.0693. The van der Waals surface area contributed by atoms with E-state index in [1.54, 1.807) is 0 Å². The second-order valence-electron chi connectivity index (χ2n) is 5.78. The van der Waals surface area contributed by atoms with Gasteiger partial charge in [0, 0.05) is 18.6 Å². The van der Waals surface area contributed by atoms with E-state index < -0.39 is 0 Å². The van der Waals surface area contributed by atoms with Crippen LogP contribution in [0.15, 0.2) is 30.3 Å². The molecule has 1 aromatic carbocycles. The topological polar surface area (TPSA) is 67.6 Å². The van der Waals surface area contributed by atoms with Gasteiger partial charge >= 0.3 is 0 Å². The number of benzene rings is 1. The number of hydrogen-bond acceptors (Lipinski definition) is 4. The van der Waals surface area contributed by atoms with Crippen molar-refractivity contribution in [2.45, 2.75) is 25.3 Å². The normalized spacial score (nSPS) is 20.4. The van der Waals surface area contributed by atoms with Gasteiger partial charge in [-0.1, -0.05) is 30.3 Å². The quantitative estimate of drug-likeness (QED) is 0.487. The fraction of sp³-hybridized carbons (Fsp3) is 0.533. The minimum atomic E-state index is -0.265. The highest BCUT2D eigenvalue weighted by Gasteiger charge is 2.34. The number of morpholine rings is 1. The van der Waals surface area contributed by atoms with E-state index in [4.69, 9.17) is 10.6 Å².